The van der Waals surface area contributed by atoms with Crippen LogP contribution < -0.4 is 10.1 Å². The molecule has 4 aliphatic carbocycles. The molecule has 1 amide bonds. The molecule has 1 aromatic carbocycles. The van der Waals surface area contributed by atoms with Crippen LogP contribution in [0.1, 0.15) is 68.6 Å². The fraction of sp³-hybridized carbons (Fsp3) is 0.680. The van der Waals surface area contributed by atoms with Crippen LogP contribution in [-0.4, -0.2) is 42.8 Å². The second-order valence-corrected chi connectivity index (χ2v) is 10.2. The summed E-state index contributed by atoms with van der Waals surface area (Å²) < 4.78 is 16.8. The predicted octanol–water partition coefficient (Wildman–Crippen LogP) is 3.87. The zero-order chi connectivity index (χ0) is 21.4. The SMILES string of the molecule is C[C@@H](OC(=O)c1ccc(OC[C@H]2CCCO2)cc1)C(=O)NC12CC3CC(CC(C3)C1)C2. The summed E-state index contributed by atoms with van der Waals surface area (Å²) in [5.74, 6) is 2.30. The van der Waals surface area contributed by atoms with Gasteiger partial charge in [0.05, 0.1) is 11.7 Å². The number of carbonyl (C=O) groups excluding carboxylic acids is 2. The molecular formula is C25H33NO5. The second-order valence-electron chi connectivity index (χ2n) is 10.2. The number of carbonyl (C=O) groups is 2. The lowest BCUT2D eigenvalue weighted by atomic mass is 9.53. The van der Waals surface area contributed by atoms with Crippen molar-refractivity contribution in [2.75, 3.05) is 13.2 Å². The molecule has 6 nitrogen and oxygen atoms in total. The van der Waals surface area contributed by atoms with E-state index in [-0.39, 0.29) is 17.6 Å². The number of rotatable bonds is 7. The third kappa shape index (κ3) is 4.59. The zero-order valence-corrected chi connectivity index (χ0v) is 18.3. The van der Waals surface area contributed by atoms with E-state index in [1.165, 1.54) is 19.3 Å². The van der Waals surface area contributed by atoms with Gasteiger partial charge in [0.1, 0.15) is 12.4 Å². The highest BCUT2D eigenvalue weighted by molar-refractivity contribution is 5.92. The molecule has 31 heavy (non-hydrogen) atoms. The van der Waals surface area contributed by atoms with E-state index in [4.69, 9.17) is 14.2 Å². The molecule has 1 N–H and O–H groups in total. The van der Waals surface area contributed by atoms with Crippen molar-refractivity contribution >= 4 is 11.9 Å². The largest absolute Gasteiger partial charge is 0.491 e. The summed E-state index contributed by atoms with van der Waals surface area (Å²) in [6.45, 7) is 2.98. The maximum absolute atomic E-state index is 12.8. The van der Waals surface area contributed by atoms with Crippen molar-refractivity contribution in [3.8, 4) is 5.75 Å². The molecule has 4 bridgehead atoms. The molecule has 0 radical (unpaired) electrons. The summed E-state index contributed by atoms with van der Waals surface area (Å²) in [5, 5.41) is 3.29. The number of benzene rings is 1. The maximum Gasteiger partial charge on any atom is 0.338 e. The molecule has 168 valence electrons. The maximum atomic E-state index is 12.8. The third-order valence-corrected chi connectivity index (χ3v) is 7.63. The molecule has 1 saturated heterocycles. The first-order valence-corrected chi connectivity index (χ1v) is 11.9. The van der Waals surface area contributed by atoms with Crippen molar-refractivity contribution in [2.45, 2.75) is 76.0 Å². The Balaban J connectivity index is 1.12. The van der Waals surface area contributed by atoms with E-state index in [1.54, 1.807) is 31.2 Å². The van der Waals surface area contributed by atoms with Gasteiger partial charge in [-0.3, -0.25) is 4.79 Å². The zero-order valence-electron chi connectivity index (χ0n) is 18.3. The second kappa shape index (κ2) is 8.45. The first-order chi connectivity index (χ1) is 15.0. The molecule has 1 heterocycles. The van der Waals surface area contributed by atoms with Crippen molar-refractivity contribution in [3.05, 3.63) is 29.8 Å². The average Bonchev–Trinajstić information content (AvgIpc) is 3.25. The lowest BCUT2D eigenvalue weighted by molar-refractivity contribution is -0.134. The molecule has 0 aromatic heterocycles. The number of hydrogen-bond donors (Lipinski definition) is 1. The van der Waals surface area contributed by atoms with Gasteiger partial charge in [0.2, 0.25) is 0 Å². The fourth-order valence-electron chi connectivity index (χ4n) is 6.56. The Morgan fingerprint density at radius 2 is 1.74 bits per heavy atom. The third-order valence-electron chi connectivity index (χ3n) is 7.63. The summed E-state index contributed by atoms with van der Waals surface area (Å²) >= 11 is 0. The van der Waals surface area contributed by atoms with Gasteiger partial charge in [-0.05, 0) is 100 Å². The van der Waals surface area contributed by atoms with Gasteiger partial charge in [0, 0.05) is 12.1 Å². The van der Waals surface area contributed by atoms with Crippen molar-refractivity contribution in [1.82, 2.24) is 5.32 Å². The minimum atomic E-state index is -0.809. The van der Waals surface area contributed by atoms with E-state index in [0.717, 1.165) is 56.5 Å². The number of ether oxygens (including phenoxy) is 3. The predicted molar refractivity (Wildman–Crippen MR) is 115 cm³/mol. The molecule has 1 aromatic rings. The van der Waals surface area contributed by atoms with E-state index in [0.29, 0.717) is 17.9 Å². The lowest BCUT2D eigenvalue weighted by Gasteiger charge is -2.57. The smallest absolute Gasteiger partial charge is 0.338 e. The highest BCUT2D eigenvalue weighted by Crippen LogP contribution is 2.55. The standard InChI is InChI=1S/C25H33NO5/c1-16(23(27)26-25-12-17-9-18(13-25)11-19(10-17)14-25)31-24(28)20-4-6-21(7-5-20)30-15-22-3-2-8-29-22/h4-7,16-19,22H,2-3,8-15H2,1H3,(H,26,27)/t16-,17?,18?,19?,22-,25?/m1/s1. The van der Waals surface area contributed by atoms with Gasteiger partial charge in [0.25, 0.3) is 5.91 Å². The first kappa shape index (κ1) is 20.8. The Morgan fingerprint density at radius 1 is 1.10 bits per heavy atom. The summed E-state index contributed by atoms with van der Waals surface area (Å²) in [6.07, 6.45) is 8.67. The number of nitrogens with one attached hydrogen (secondary N) is 1. The molecule has 2 atom stereocenters. The molecule has 0 spiro atoms. The number of amides is 1. The van der Waals surface area contributed by atoms with Gasteiger partial charge in [-0.25, -0.2) is 4.79 Å². The minimum Gasteiger partial charge on any atom is -0.491 e. The molecule has 6 heteroatoms. The Hall–Kier alpha value is -2.08. The van der Waals surface area contributed by atoms with Gasteiger partial charge < -0.3 is 19.5 Å². The Bertz CT molecular complexity index is 778. The van der Waals surface area contributed by atoms with E-state index < -0.39 is 12.1 Å². The van der Waals surface area contributed by atoms with Crippen molar-refractivity contribution in [2.24, 2.45) is 17.8 Å². The molecule has 5 aliphatic rings. The van der Waals surface area contributed by atoms with Crippen LogP contribution in [-0.2, 0) is 14.3 Å². The number of hydrogen-bond acceptors (Lipinski definition) is 5. The van der Waals surface area contributed by atoms with Crippen molar-refractivity contribution in [1.29, 1.82) is 0 Å². The van der Waals surface area contributed by atoms with Crippen LogP contribution in [0.15, 0.2) is 24.3 Å². The quantitative estimate of drug-likeness (QED) is 0.669. The summed E-state index contributed by atoms with van der Waals surface area (Å²) in [7, 11) is 0. The Morgan fingerprint density at radius 3 is 2.32 bits per heavy atom. The monoisotopic (exact) mass is 427 g/mol. The molecule has 1 aliphatic heterocycles. The van der Waals surface area contributed by atoms with Crippen LogP contribution in [0.25, 0.3) is 0 Å². The van der Waals surface area contributed by atoms with E-state index in [2.05, 4.69) is 5.32 Å². The van der Waals surface area contributed by atoms with Crippen LogP contribution in [0.2, 0.25) is 0 Å². The highest BCUT2D eigenvalue weighted by atomic mass is 16.5. The summed E-state index contributed by atoms with van der Waals surface area (Å²) in [4.78, 5) is 25.4. The summed E-state index contributed by atoms with van der Waals surface area (Å²) in [6, 6.07) is 6.87. The molecular weight excluding hydrogens is 394 g/mol. The van der Waals surface area contributed by atoms with Crippen LogP contribution >= 0.6 is 0 Å². The Kier molecular flexibility index (Phi) is 5.67. The summed E-state index contributed by atoms with van der Waals surface area (Å²) in [5.41, 5.74) is 0.341. The molecule has 4 saturated carbocycles. The molecule has 6 rings (SSSR count). The molecule has 5 fully saturated rings. The van der Waals surface area contributed by atoms with Crippen LogP contribution in [0.4, 0.5) is 0 Å². The van der Waals surface area contributed by atoms with Gasteiger partial charge in [-0.2, -0.15) is 0 Å². The van der Waals surface area contributed by atoms with E-state index in [1.807, 2.05) is 0 Å². The van der Waals surface area contributed by atoms with Gasteiger partial charge >= 0.3 is 5.97 Å². The van der Waals surface area contributed by atoms with Crippen molar-refractivity contribution < 1.29 is 23.8 Å². The van der Waals surface area contributed by atoms with Gasteiger partial charge in [-0.15, -0.1) is 0 Å². The average molecular weight is 428 g/mol. The highest BCUT2D eigenvalue weighted by Gasteiger charge is 2.51. The van der Waals surface area contributed by atoms with Crippen LogP contribution in [0, 0.1) is 17.8 Å². The molecule has 0 unspecified atom stereocenters. The van der Waals surface area contributed by atoms with Gasteiger partial charge in [-0.1, -0.05) is 0 Å². The first-order valence-electron chi connectivity index (χ1n) is 11.9. The minimum absolute atomic E-state index is 0.0749. The van der Waals surface area contributed by atoms with E-state index >= 15 is 0 Å². The topological polar surface area (TPSA) is 73.9 Å². The van der Waals surface area contributed by atoms with E-state index in [9.17, 15) is 9.59 Å². The number of esters is 1. The van der Waals surface area contributed by atoms with Crippen LogP contribution in [0.3, 0.4) is 0 Å². The van der Waals surface area contributed by atoms with Crippen molar-refractivity contribution in [3.63, 3.8) is 0 Å². The normalized spacial score (nSPS) is 34.4. The lowest BCUT2D eigenvalue weighted by Crippen LogP contribution is -2.61. The van der Waals surface area contributed by atoms with Gasteiger partial charge in [0.15, 0.2) is 6.10 Å². The fourth-order valence-corrected chi connectivity index (χ4v) is 6.56. The Labute approximate surface area is 184 Å². The van der Waals surface area contributed by atoms with Crippen LogP contribution in [0.5, 0.6) is 5.75 Å².